The second-order valence-electron chi connectivity index (χ2n) is 3.91. The highest BCUT2D eigenvalue weighted by Crippen LogP contribution is 2.38. The summed E-state index contributed by atoms with van der Waals surface area (Å²) in [7, 11) is 0. The van der Waals surface area contributed by atoms with Crippen LogP contribution in [0.5, 0.6) is 0 Å². The quantitative estimate of drug-likeness (QED) is 0.615. The summed E-state index contributed by atoms with van der Waals surface area (Å²) in [6, 6.07) is 5.94. The van der Waals surface area contributed by atoms with E-state index in [2.05, 4.69) is 0 Å². The molecule has 0 aromatic heterocycles. The number of carbonyl (C=O) groups is 2. The molecule has 0 radical (unpaired) electrons. The van der Waals surface area contributed by atoms with Crippen LogP contribution in [0.3, 0.4) is 0 Å². The largest absolute Gasteiger partial charge is 0.507 e. The number of fused-ring (bicyclic) bond motifs is 1. The van der Waals surface area contributed by atoms with Crippen molar-refractivity contribution in [2.75, 3.05) is 0 Å². The summed E-state index contributed by atoms with van der Waals surface area (Å²) >= 11 is 16.5. The lowest BCUT2D eigenvalue weighted by atomic mass is 9.86. The molecule has 0 amide bonds. The first-order chi connectivity index (χ1) is 8.75. The number of benzene rings is 1. The van der Waals surface area contributed by atoms with Gasteiger partial charge in [0.05, 0.1) is 5.57 Å². The predicted octanol–water partition coefficient (Wildman–Crippen LogP) is 2.45. The molecule has 0 heterocycles. The van der Waals surface area contributed by atoms with Crippen molar-refractivity contribution in [1.82, 2.24) is 0 Å². The van der Waals surface area contributed by atoms with Gasteiger partial charge in [0.25, 0.3) is 0 Å². The minimum atomic E-state index is -2.23. The lowest BCUT2D eigenvalue weighted by Crippen LogP contribution is -2.37. The van der Waals surface area contributed by atoms with E-state index in [0.717, 1.165) is 0 Å². The Balaban J connectivity index is 2.67. The highest BCUT2D eigenvalue weighted by molar-refractivity contribution is 6.68. The number of alkyl halides is 3. The Morgan fingerprint density at radius 2 is 1.53 bits per heavy atom. The molecule has 0 saturated carbocycles. The first-order valence-corrected chi connectivity index (χ1v) is 6.25. The molecule has 2 rings (SSSR count). The number of aliphatic hydroxyl groups excluding tert-OH is 2. The van der Waals surface area contributed by atoms with Gasteiger partial charge < -0.3 is 10.2 Å². The highest BCUT2D eigenvalue weighted by Gasteiger charge is 2.43. The van der Waals surface area contributed by atoms with Crippen molar-refractivity contribution in [2.45, 2.75) is 9.90 Å². The molecule has 19 heavy (non-hydrogen) atoms. The van der Waals surface area contributed by atoms with E-state index >= 15 is 0 Å². The minimum absolute atomic E-state index is 0.0465. The molecule has 0 spiro atoms. The summed E-state index contributed by atoms with van der Waals surface area (Å²) in [5, 5.41) is 19.8. The van der Waals surface area contributed by atoms with Gasteiger partial charge in [-0.05, 0) is 0 Å². The van der Waals surface area contributed by atoms with E-state index in [0.29, 0.717) is 0 Å². The summed E-state index contributed by atoms with van der Waals surface area (Å²) < 4.78 is -2.23. The zero-order valence-electron chi connectivity index (χ0n) is 9.23. The average Bonchev–Trinajstić information content (AvgIpc) is 2.35. The molecule has 1 aliphatic rings. The predicted molar refractivity (Wildman–Crippen MR) is 71.6 cm³/mol. The van der Waals surface area contributed by atoms with E-state index in [9.17, 15) is 19.8 Å². The Labute approximate surface area is 123 Å². The van der Waals surface area contributed by atoms with Crippen molar-refractivity contribution in [1.29, 1.82) is 0 Å². The fourth-order valence-corrected chi connectivity index (χ4v) is 2.13. The third-order valence-electron chi connectivity index (χ3n) is 2.72. The molecular weight excluding hydrogens is 314 g/mol. The van der Waals surface area contributed by atoms with Gasteiger partial charge in [0.15, 0.2) is 0 Å². The summed E-state index contributed by atoms with van der Waals surface area (Å²) in [4.78, 5) is 23.8. The molecule has 0 aliphatic heterocycles. The van der Waals surface area contributed by atoms with Gasteiger partial charge in [-0.15, -0.1) is 0 Å². The van der Waals surface area contributed by atoms with Crippen molar-refractivity contribution in [3.05, 3.63) is 41.0 Å². The topological polar surface area (TPSA) is 74.6 Å². The van der Waals surface area contributed by atoms with Crippen LogP contribution in [0.25, 0.3) is 5.76 Å². The van der Waals surface area contributed by atoms with Crippen LogP contribution >= 0.6 is 34.8 Å². The number of carbonyl (C=O) groups excluding carboxylic acids is 2. The van der Waals surface area contributed by atoms with E-state index in [1.807, 2.05) is 0 Å². The van der Waals surface area contributed by atoms with E-state index in [-0.39, 0.29) is 11.1 Å². The number of hydrogen-bond donors (Lipinski definition) is 2. The molecule has 1 aromatic rings. The number of halogens is 3. The lowest BCUT2D eigenvalue weighted by Gasteiger charge is -2.25. The first-order valence-electron chi connectivity index (χ1n) is 5.11. The summed E-state index contributed by atoms with van der Waals surface area (Å²) in [5.41, 5.74) is -0.440. The normalized spacial score (nSPS) is 17.5. The number of hydrogen-bond acceptors (Lipinski definition) is 4. The van der Waals surface area contributed by atoms with Gasteiger partial charge in [0.2, 0.25) is 15.4 Å². The zero-order chi connectivity index (χ0) is 14.4. The lowest BCUT2D eigenvalue weighted by molar-refractivity contribution is -0.112. The average molecular weight is 322 g/mol. The first kappa shape index (κ1) is 14.3. The van der Waals surface area contributed by atoms with Crippen LogP contribution in [0, 0.1) is 0 Å². The Morgan fingerprint density at radius 3 is 2.05 bits per heavy atom. The molecule has 1 atom stereocenters. The molecule has 100 valence electrons. The Morgan fingerprint density at radius 1 is 1.00 bits per heavy atom. The zero-order valence-corrected chi connectivity index (χ0v) is 11.5. The van der Waals surface area contributed by atoms with Crippen LogP contribution in [-0.4, -0.2) is 31.7 Å². The monoisotopic (exact) mass is 320 g/mol. The van der Waals surface area contributed by atoms with Crippen LogP contribution in [0.2, 0.25) is 0 Å². The van der Waals surface area contributed by atoms with Crippen LogP contribution < -0.4 is 0 Å². The van der Waals surface area contributed by atoms with E-state index in [1.165, 1.54) is 12.1 Å². The number of Topliss-reactive ketones (excluding diaryl/α,β-unsaturated/α-hetero) is 2. The number of ketones is 2. The van der Waals surface area contributed by atoms with Crippen LogP contribution in [0.1, 0.15) is 15.9 Å². The van der Waals surface area contributed by atoms with Gasteiger partial charge in [-0.25, -0.2) is 0 Å². The molecule has 4 nitrogen and oxygen atoms in total. The SMILES string of the molecule is O=C1C(=O)c2ccccc2C(O)=C1C(O)C(Cl)(Cl)Cl. The summed E-state index contributed by atoms with van der Waals surface area (Å²) in [6.07, 6.45) is -1.90. The third kappa shape index (κ3) is 2.37. The molecule has 0 fully saturated rings. The molecule has 0 saturated heterocycles. The minimum Gasteiger partial charge on any atom is -0.507 e. The molecule has 0 bridgehead atoms. The number of rotatable bonds is 1. The Hall–Kier alpha value is -1.07. The van der Waals surface area contributed by atoms with Crippen molar-refractivity contribution in [2.24, 2.45) is 0 Å². The smallest absolute Gasteiger partial charge is 0.236 e. The van der Waals surface area contributed by atoms with Gasteiger partial charge in [-0.2, -0.15) is 0 Å². The molecule has 1 aliphatic carbocycles. The molecule has 1 unspecified atom stereocenters. The van der Waals surface area contributed by atoms with E-state index < -0.39 is 32.8 Å². The standard InChI is InChI=1S/C12H7Cl3O4/c13-12(14,15)11(19)7-8(16)5-3-1-2-4-6(5)9(17)10(7)18/h1-4,11,16,19H. The molecule has 2 N–H and O–H groups in total. The molecule has 1 aromatic carbocycles. The third-order valence-corrected chi connectivity index (χ3v) is 3.34. The van der Waals surface area contributed by atoms with Gasteiger partial charge in [0, 0.05) is 11.1 Å². The van der Waals surface area contributed by atoms with Gasteiger partial charge in [-0.1, -0.05) is 59.1 Å². The summed E-state index contributed by atoms with van der Waals surface area (Å²) in [5.74, 6) is -2.51. The summed E-state index contributed by atoms with van der Waals surface area (Å²) in [6.45, 7) is 0. The molecule has 7 heteroatoms. The maximum atomic E-state index is 11.9. The maximum absolute atomic E-state index is 11.9. The second kappa shape index (κ2) is 4.80. The number of aliphatic hydroxyl groups is 2. The fraction of sp³-hybridized carbons (Fsp3) is 0.167. The van der Waals surface area contributed by atoms with Gasteiger partial charge >= 0.3 is 0 Å². The Kier molecular flexibility index (Phi) is 3.62. The van der Waals surface area contributed by atoms with E-state index in [4.69, 9.17) is 34.8 Å². The van der Waals surface area contributed by atoms with Crippen LogP contribution in [0.4, 0.5) is 0 Å². The van der Waals surface area contributed by atoms with Gasteiger partial charge in [-0.3, -0.25) is 9.59 Å². The maximum Gasteiger partial charge on any atom is 0.236 e. The Bertz CT molecular complexity index is 601. The highest BCUT2D eigenvalue weighted by atomic mass is 35.6. The van der Waals surface area contributed by atoms with Crippen molar-refractivity contribution >= 4 is 52.1 Å². The van der Waals surface area contributed by atoms with Crippen molar-refractivity contribution < 1.29 is 19.8 Å². The fourth-order valence-electron chi connectivity index (χ4n) is 1.80. The van der Waals surface area contributed by atoms with Crippen LogP contribution in [0.15, 0.2) is 29.8 Å². The second-order valence-corrected chi connectivity index (χ2v) is 6.28. The van der Waals surface area contributed by atoms with Gasteiger partial charge in [0.1, 0.15) is 11.9 Å². The molecular formula is C12H7Cl3O4. The van der Waals surface area contributed by atoms with Crippen LogP contribution in [-0.2, 0) is 4.79 Å². The van der Waals surface area contributed by atoms with E-state index in [1.54, 1.807) is 12.1 Å². The van der Waals surface area contributed by atoms with Crippen molar-refractivity contribution in [3.63, 3.8) is 0 Å². The van der Waals surface area contributed by atoms with Crippen molar-refractivity contribution in [3.8, 4) is 0 Å².